The number of nitrogens with two attached hydrogens (primary N) is 1. The number of rotatable bonds is 3. The van der Waals surface area contributed by atoms with Gasteiger partial charge in [-0.1, -0.05) is 11.8 Å². The molecular weight excluding hydrogens is 271 g/mol. The largest absolute Gasteiger partial charge is 0.406 e. The Morgan fingerprint density at radius 2 is 2.15 bits per heavy atom. The lowest BCUT2D eigenvalue weighted by Crippen LogP contribution is -2.38. The highest BCUT2D eigenvalue weighted by Crippen LogP contribution is 2.18. The third-order valence-corrected chi connectivity index (χ3v) is 2.36. The average molecular weight is 285 g/mol. The molecule has 2 N–H and O–H groups in total. The van der Waals surface area contributed by atoms with Gasteiger partial charge in [0, 0.05) is 24.5 Å². The molecule has 20 heavy (non-hydrogen) atoms. The average Bonchev–Trinajstić information content (AvgIpc) is 2.41. The van der Waals surface area contributed by atoms with Crippen LogP contribution in [0, 0.1) is 11.8 Å². The van der Waals surface area contributed by atoms with Crippen LogP contribution in [0.25, 0.3) is 0 Å². The lowest BCUT2D eigenvalue weighted by molar-refractivity contribution is -0.140. The minimum absolute atomic E-state index is 0.0446. The van der Waals surface area contributed by atoms with E-state index in [4.69, 9.17) is 5.73 Å². The van der Waals surface area contributed by atoms with Gasteiger partial charge in [0.1, 0.15) is 6.54 Å². The summed E-state index contributed by atoms with van der Waals surface area (Å²) in [6, 6.07) is 1.40. The molecule has 0 aliphatic carbocycles. The second kappa shape index (κ2) is 6.91. The Morgan fingerprint density at radius 1 is 1.45 bits per heavy atom. The van der Waals surface area contributed by atoms with Crippen molar-refractivity contribution in [1.29, 1.82) is 0 Å². The number of nitrogens with zero attached hydrogens (tertiary/aromatic N) is 2. The lowest BCUT2D eigenvalue weighted by Gasteiger charge is -2.22. The summed E-state index contributed by atoms with van der Waals surface area (Å²) in [5.74, 6) is 4.53. The first-order valence-corrected chi connectivity index (χ1v) is 5.87. The third-order valence-electron chi connectivity index (χ3n) is 2.36. The highest BCUT2D eigenvalue weighted by Gasteiger charge is 2.32. The van der Waals surface area contributed by atoms with Crippen LogP contribution in [0.3, 0.4) is 0 Å². The topological polar surface area (TPSA) is 59.2 Å². The van der Waals surface area contributed by atoms with Gasteiger partial charge in [0.05, 0.1) is 12.1 Å². The van der Waals surface area contributed by atoms with E-state index in [-0.39, 0.29) is 18.7 Å². The summed E-state index contributed by atoms with van der Waals surface area (Å²) in [5.41, 5.74) is 5.72. The Morgan fingerprint density at radius 3 is 2.70 bits per heavy atom. The molecule has 0 aliphatic rings. The fourth-order valence-electron chi connectivity index (χ4n) is 1.50. The fourth-order valence-corrected chi connectivity index (χ4v) is 1.50. The first kappa shape index (κ1) is 16.0. The van der Waals surface area contributed by atoms with Gasteiger partial charge >= 0.3 is 6.18 Å². The van der Waals surface area contributed by atoms with Gasteiger partial charge in [-0.3, -0.25) is 9.78 Å². The maximum Gasteiger partial charge on any atom is 0.406 e. The predicted octanol–water partition coefficient (Wildman–Crippen LogP) is 1.42. The van der Waals surface area contributed by atoms with Crippen LogP contribution in [0.5, 0.6) is 0 Å². The van der Waals surface area contributed by atoms with Crippen molar-refractivity contribution in [1.82, 2.24) is 9.88 Å². The molecular formula is C13H14F3N3O. The zero-order valence-corrected chi connectivity index (χ0v) is 10.9. The van der Waals surface area contributed by atoms with Gasteiger partial charge in [0.15, 0.2) is 0 Å². The second-order valence-corrected chi connectivity index (χ2v) is 3.90. The molecule has 0 spiro atoms. The number of hydrogen-bond acceptors (Lipinski definition) is 3. The third kappa shape index (κ3) is 4.90. The quantitative estimate of drug-likeness (QED) is 0.854. The molecule has 1 heterocycles. The number of carbonyl (C=O) groups is 1. The fraction of sp³-hybridized carbons (Fsp3) is 0.385. The van der Waals surface area contributed by atoms with E-state index in [1.54, 1.807) is 0 Å². The van der Waals surface area contributed by atoms with Crippen molar-refractivity contribution < 1.29 is 18.0 Å². The van der Waals surface area contributed by atoms with Gasteiger partial charge in [-0.05, 0) is 13.0 Å². The monoisotopic (exact) mass is 285 g/mol. The molecule has 0 unspecified atom stereocenters. The first-order chi connectivity index (χ1) is 9.37. The molecule has 0 radical (unpaired) electrons. The number of amides is 1. The molecule has 7 heteroatoms. The van der Waals surface area contributed by atoms with Gasteiger partial charge in [-0.15, -0.1) is 0 Å². The summed E-state index contributed by atoms with van der Waals surface area (Å²) in [6.45, 7) is 0.292. The van der Waals surface area contributed by atoms with Crippen LogP contribution in [-0.4, -0.2) is 41.6 Å². The minimum atomic E-state index is -4.43. The van der Waals surface area contributed by atoms with E-state index in [0.717, 1.165) is 0 Å². The zero-order chi connectivity index (χ0) is 15.2. The minimum Gasteiger partial charge on any atom is -0.330 e. The van der Waals surface area contributed by atoms with E-state index in [0.29, 0.717) is 10.5 Å². The van der Waals surface area contributed by atoms with E-state index in [1.165, 1.54) is 25.4 Å². The molecule has 0 atom stereocenters. The smallest absolute Gasteiger partial charge is 0.330 e. The first-order valence-electron chi connectivity index (χ1n) is 5.87. The normalized spacial score (nSPS) is 10.7. The van der Waals surface area contributed by atoms with Crippen LogP contribution in [0.15, 0.2) is 18.5 Å². The Hall–Kier alpha value is -2.07. The molecule has 108 valence electrons. The van der Waals surface area contributed by atoms with E-state index < -0.39 is 18.6 Å². The highest BCUT2D eigenvalue weighted by atomic mass is 19.4. The maximum atomic E-state index is 12.4. The van der Waals surface area contributed by atoms with Crippen LogP contribution in [0.4, 0.5) is 13.2 Å². The number of pyridine rings is 1. The second-order valence-electron chi connectivity index (χ2n) is 3.90. The molecule has 0 fully saturated rings. The molecule has 1 aromatic heterocycles. The summed E-state index contributed by atoms with van der Waals surface area (Å²) in [7, 11) is 0. The predicted molar refractivity (Wildman–Crippen MR) is 67.8 cm³/mol. The Bertz CT molecular complexity index is 532. The molecule has 0 aliphatic heterocycles. The van der Waals surface area contributed by atoms with Crippen molar-refractivity contribution in [3.8, 4) is 11.8 Å². The van der Waals surface area contributed by atoms with E-state index in [2.05, 4.69) is 16.8 Å². The van der Waals surface area contributed by atoms with Gasteiger partial charge in [-0.2, -0.15) is 13.2 Å². The number of halogens is 3. The van der Waals surface area contributed by atoms with Gasteiger partial charge in [0.2, 0.25) is 0 Å². The summed E-state index contributed by atoms with van der Waals surface area (Å²) < 4.78 is 37.1. The molecule has 1 rings (SSSR count). The van der Waals surface area contributed by atoms with Crippen LogP contribution >= 0.6 is 0 Å². The van der Waals surface area contributed by atoms with Crippen molar-refractivity contribution in [3.05, 3.63) is 29.6 Å². The van der Waals surface area contributed by atoms with Crippen molar-refractivity contribution in [2.45, 2.75) is 13.1 Å². The van der Waals surface area contributed by atoms with E-state index in [9.17, 15) is 18.0 Å². The van der Waals surface area contributed by atoms with Crippen LogP contribution < -0.4 is 5.73 Å². The van der Waals surface area contributed by atoms with Crippen molar-refractivity contribution >= 4 is 5.91 Å². The maximum absolute atomic E-state index is 12.4. The van der Waals surface area contributed by atoms with Crippen molar-refractivity contribution in [2.75, 3.05) is 19.6 Å². The van der Waals surface area contributed by atoms with Crippen LogP contribution in [-0.2, 0) is 0 Å². The Balaban J connectivity index is 2.95. The molecule has 0 bridgehead atoms. The molecule has 0 aromatic carbocycles. The molecule has 0 saturated heterocycles. The van der Waals surface area contributed by atoms with Gasteiger partial charge in [-0.25, -0.2) is 0 Å². The Labute approximate surface area is 114 Å². The van der Waals surface area contributed by atoms with E-state index in [1.807, 2.05) is 0 Å². The summed E-state index contributed by atoms with van der Waals surface area (Å²) in [6.07, 6.45) is -1.80. The lowest BCUT2D eigenvalue weighted by atomic mass is 10.2. The SMILES string of the molecule is CCN(CC(F)(F)F)C(=O)c1cncc(C#CCN)c1. The van der Waals surface area contributed by atoms with Gasteiger partial charge in [0.25, 0.3) is 5.91 Å². The van der Waals surface area contributed by atoms with Crippen molar-refractivity contribution in [2.24, 2.45) is 5.73 Å². The number of aromatic nitrogens is 1. The highest BCUT2D eigenvalue weighted by molar-refractivity contribution is 5.94. The summed E-state index contributed by atoms with van der Waals surface area (Å²) >= 11 is 0. The number of hydrogen-bond donors (Lipinski definition) is 1. The molecule has 0 saturated carbocycles. The summed E-state index contributed by atoms with van der Waals surface area (Å²) in [4.78, 5) is 16.5. The Kier molecular flexibility index (Phi) is 5.53. The van der Waals surface area contributed by atoms with Crippen molar-refractivity contribution in [3.63, 3.8) is 0 Å². The molecule has 1 amide bonds. The standard InChI is InChI=1S/C13H14F3N3O/c1-2-19(9-13(14,15)16)12(20)11-6-10(4-3-5-17)7-18-8-11/h6-8H,2,5,9,17H2,1H3. The number of carbonyl (C=O) groups excluding carboxylic acids is 1. The molecule has 4 nitrogen and oxygen atoms in total. The summed E-state index contributed by atoms with van der Waals surface area (Å²) in [5, 5.41) is 0. The van der Waals surface area contributed by atoms with E-state index >= 15 is 0 Å². The van der Waals surface area contributed by atoms with Crippen LogP contribution in [0.1, 0.15) is 22.8 Å². The van der Waals surface area contributed by atoms with Gasteiger partial charge < -0.3 is 10.6 Å². The zero-order valence-electron chi connectivity index (χ0n) is 10.9. The van der Waals surface area contributed by atoms with Crippen LogP contribution in [0.2, 0.25) is 0 Å². The number of alkyl halides is 3. The molecule has 1 aromatic rings.